The Morgan fingerprint density at radius 3 is 2.09 bits per heavy atom. The Hall–Kier alpha value is -4.50. The maximum Gasteiger partial charge on any atom is 0.275 e. The van der Waals surface area contributed by atoms with Crippen molar-refractivity contribution in [2.24, 2.45) is 33.0 Å². The number of aryl methyl sites for hydroxylation is 1. The van der Waals surface area contributed by atoms with E-state index in [0.29, 0.717) is 17.2 Å². The quantitative estimate of drug-likeness (QED) is 0.103. The monoisotopic (exact) mass is 621 g/mol. The molecule has 1 aliphatic heterocycles. The summed E-state index contributed by atoms with van der Waals surface area (Å²) in [5.74, 6) is 5.58. The fourth-order valence-corrected chi connectivity index (χ4v) is 6.92. The number of carbonyl (C=O) groups excluding carboxylic acids is 2. The van der Waals surface area contributed by atoms with Gasteiger partial charge in [0.15, 0.2) is 0 Å². The van der Waals surface area contributed by atoms with Crippen LogP contribution in [-0.2, 0) is 4.79 Å². The second kappa shape index (κ2) is 13.5. The van der Waals surface area contributed by atoms with Gasteiger partial charge in [-0.2, -0.15) is 5.10 Å². The van der Waals surface area contributed by atoms with E-state index in [4.69, 9.17) is 16.6 Å². The zero-order valence-electron chi connectivity index (χ0n) is 27.6. The number of nitrogens with one attached hydrogen (secondary N) is 2. The molecule has 46 heavy (non-hydrogen) atoms. The molecule has 9 heteroatoms. The van der Waals surface area contributed by atoms with E-state index in [1.54, 1.807) is 12.1 Å². The smallest absolute Gasteiger partial charge is 0.275 e. The van der Waals surface area contributed by atoms with E-state index in [0.717, 1.165) is 54.4 Å². The van der Waals surface area contributed by atoms with Gasteiger partial charge in [-0.1, -0.05) is 93.9 Å². The molecule has 3 aromatic carbocycles. The average Bonchev–Trinajstić information content (AvgIpc) is 3.31. The second-order valence-corrected chi connectivity index (χ2v) is 13.7. The molecule has 1 unspecified atom stereocenters. The molecule has 0 bridgehead atoms. The number of hydrogen-bond acceptors (Lipinski definition) is 6. The van der Waals surface area contributed by atoms with E-state index < -0.39 is 5.66 Å². The minimum absolute atomic E-state index is 0.0331. The van der Waals surface area contributed by atoms with Gasteiger partial charge >= 0.3 is 0 Å². The summed E-state index contributed by atoms with van der Waals surface area (Å²) >= 11 is 0. The van der Waals surface area contributed by atoms with Crippen molar-refractivity contribution in [2.45, 2.75) is 78.4 Å². The number of carbonyl (C=O) groups is 2. The van der Waals surface area contributed by atoms with Crippen LogP contribution in [0.15, 0.2) is 82.9 Å². The van der Waals surface area contributed by atoms with Gasteiger partial charge in [-0.25, -0.2) is 11.4 Å². The number of benzene rings is 3. The van der Waals surface area contributed by atoms with Crippen LogP contribution in [0.3, 0.4) is 0 Å². The van der Waals surface area contributed by atoms with E-state index in [-0.39, 0.29) is 35.7 Å². The number of nitrogens with two attached hydrogens (primary N) is 2. The minimum Gasteiger partial charge on any atom is -0.384 e. The molecule has 1 spiro atoms. The largest absolute Gasteiger partial charge is 0.384 e. The summed E-state index contributed by atoms with van der Waals surface area (Å²) in [5, 5.41) is 6.40. The molecule has 1 heterocycles. The first kappa shape index (κ1) is 32.9. The van der Waals surface area contributed by atoms with Gasteiger partial charge in [0.1, 0.15) is 17.2 Å². The fraction of sp³-hybridized carbons (Fsp3) is 0.405. The summed E-state index contributed by atoms with van der Waals surface area (Å²) in [6.45, 7) is 11.2. The molecule has 2 amide bonds. The zero-order valence-corrected chi connectivity index (χ0v) is 27.6. The highest BCUT2D eigenvalue weighted by Crippen LogP contribution is 2.49. The van der Waals surface area contributed by atoms with Crippen LogP contribution in [0.5, 0.6) is 0 Å². The molecule has 1 fully saturated rings. The molecule has 0 radical (unpaired) electrons. The van der Waals surface area contributed by atoms with Crippen molar-refractivity contribution in [3.63, 3.8) is 0 Å². The highest BCUT2D eigenvalue weighted by atomic mass is 16.2. The Morgan fingerprint density at radius 1 is 0.978 bits per heavy atom. The molecular formula is C37H47N7O2. The van der Waals surface area contributed by atoms with Crippen molar-refractivity contribution >= 4 is 23.4 Å². The Morgan fingerprint density at radius 2 is 1.54 bits per heavy atom. The molecule has 1 atom stereocenters. The van der Waals surface area contributed by atoms with E-state index in [1.165, 1.54) is 5.56 Å². The molecule has 3 aromatic rings. The van der Waals surface area contributed by atoms with E-state index in [2.05, 4.69) is 91.9 Å². The van der Waals surface area contributed by atoms with Crippen molar-refractivity contribution in [3.05, 3.63) is 95.1 Å². The van der Waals surface area contributed by atoms with Gasteiger partial charge in [0.2, 0.25) is 0 Å². The van der Waals surface area contributed by atoms with E-state index in [9.17, 15) is 9.59 Å². The lowest BCUT2D eigenvalue weighted by molar-refractivity contribution is -0.133. The molecular weight excluding hydrogens is 574 g/mol. The average molecular weight is 622 g/mol. The second-order valence-electron chi connectivity index (χ2n) is 13.7. The molecule has 242 valence electrons. The summed E-state index contributed by atoms with van der Waals surface area (Å²) in [6.07, 6.45) is 4.39. The third kappa shape index (κ3) is 6.84. The van der Waals surface area contributed by atoms with Crippen molar-refractivity contribution < 1.29 is 9.59 Å². The van der Waals surface area contributed by atoms with Gasteiger partial charge in [-0.3, -0.25) is 14.6 Å². The Kier molecular flexibility index (Phi) is 9.63. The molecule has 0 saturated heterocycles. The van der Waals surface area contributed by atoms with Crippen LogP contribution in [0.2, 0.25) is 0 Å². The van der Waals surface area contributed by atoms with Gasteiger partial charge in [0.05, 0.1) is 12.6 Å². The highest BCUT2D eigenvalue weighted by Gasteiger charge is 2.52. The summed E-state index contributed by atoms with van der Waals surface area (Å²) < 4.78 is 0. The number of rotatable bonds is 9. The van der Waals surface area contributed by atoms with Gasteiger partial charge < -0.3 is 16.0 Å². The van der Waals surface area contributed by atoms with Crippen LogP contribution in [0.4, 0.5) is 0 Å². The van der Waals surface area contributed by atoms with Crippen LogP contribution in [0.25, 0.3) is 11.1 Å². The Labute approximate surface area is 272 Å². The van der Waals surface area contributed by atoms with Crippen molar-refractivity contribution in [2.75, 3.05) is 6.54 Å². The van der Waals surface area contributed by atoms with Gasteiger partial charge in [0, 0.05) is 11.1 Å². The van der Waals surface area contributed by atoms with Gasteiger partial charge in [-0.05, 0) is 79.2 Å². The lowest BCUT2D eigenvalue weighted by atomic mass is 9.69. The van der Waals surface area contributed by atoms with E-state index >= 15 is 0 Å². The van der Waals surface area contributed by atoms with Crippen molar-refractivity contribution in [3.8, 4) is 11.1 Å². The van der Waals surface area contributed by atoms with Crippen molar-refractivity contribution in [1.29, 1.82) is 0 Å². The maximum atomic E-state index is 14.5. The number of nitrogens with zero attached hydrogens (tertiary/aromatic N) is 3. The number of hydrogen-bond donors (Lipinski definition) is 4. The predicted molar refractivity (Wildman–Crippen MR) is 185 cm³/mol. The topological polar surface area (TPSA) is 138 Å². The van der Waals surface area contributed by atoms with Gasteiger partial charge in [0.25, 0.3) is 11.8 Å². The van der Waals surface area contributed by atoms with Crippen LogP contribution >= 0.6 is 0 Å². The maximum absolute atomic E-state index is 14.5. The number of aliphatic imine (C=N–C) groups is 1. The molecule has 5 rings (SSSR count). The molecule has 0 aromatic heterocycles. The first-order valence-electron chi connectivity index (χ1n) is 16.2. The lowest BCUT2D eigenvalue weighted by Gasteiger charge is -2.47. The molecule has 9 nitrogen and oxygen atoms in total. The number of hydrazone groups is 1. The minimum atomic E-state index is -0.603. The first-order valence-corrected chi connectivity index (χ1v) is 16.2. The molecule has 1 saturated carbocycles. The van der Waals surface area contributed by atoms with Gasteiger partial charge in [-0.15, -0.1) is 0 Å². The van der Waals surface area contributed by atoms with Crippen LogP contribution in [-0.4, -0.2) is 40.5 Å². The molecule has 1 aliphatic carbocycles. The number of amides is 2. The molecule has 6 N–H and O–H groups in total. The van der Waals surface area contributed by atoms with Crippen LogP contribution < -0.4 is 22.4 Å². The third-order valence-electron chi connectivity index (χ3n) is 9.64. The first-order chi connectivity index (χ1) is 22.0. The van der Waals surface area contributed by atoms with Crippen LogP contribution in [0.1, 0.15) is 92.9 Å². The summed E-state index contributed by atoms with van der Waals surface area (Å²) in [4.78, 5) is 34.6. The Balaban J connectivity index is 1.44. The van der Waals surface area contributed by atoms with Crippen molar-refractivity contribution in [1.82, 2.24) is 15.8 Å². The normalized spacial score (nSPS) is 20.9. The predicted octanol–water partition coefficient (Wildman–Crippen LogP) is 5.84. The number of hydrazine groups is 1. The highest BCUT2D eigenvalue weighted by molar-refractivity contribution is 6.46. The van der Waals surface area contributed by atoms with Crippen LogP contribution in [0, 0.1) is 18.3 Å². The fourth-order valence-electron chi connectivity index (χ4n) is 6.92. The zero-order chi connectivity index (χ0) is 33.1. The Bertz CT molecular complexity index is 1600. The molecule has 2 aliphatic rings. The SMILES string of the molecule is CCC(c1ccc(C(=O)NCC(N)=NNN)cc1)N1C(=O)C(c2ccc(-c3ccc(C)cc3)cc2)=NC12CCC(C(C)(C)C)CC2. The summed E-state index contributed by atoms with van der Waals surface area (Å²) in [6, 6.07) is 23.9. The number of amidine groups is 1. The van der Waals surface area contributed by atoms with E-state index in [1.807, 2.05) is 24.3 Å². The summed E-state index contributed by atoms with van der Waals surface area (Å²) in [5.41, 5.74) is 13.7. The lowest BCUT2D eigenvalue weighted by Crippen LogP contribution is -2.51. The summed E-state index contributed by atoms with van der Waals surface area (Å²) in [7, 11) is 0. The standard InChI is InChI=1S/C37H47N7O2/c1-6-31(27-13-17-29(18-14-27)34(45)40-23-32(38)42-43-39)44-35(46)33(41-37(44)21-19-30(20-22-37)36(3,4)5)28-15-11-26(12-16-28)25-9-7-24(2)8-10-25/h7-18,30-31,43H,6,19-23,39H2,1-5H3,(H2,38,42)(H,40,45). The third-order valence-corrected chi connectivity index (χ3v) is 9.64.